The topological polar surface area (TPSA) is 26.0 Å². The van der Waals surface area contributed by atoms with Gasteiger partial charge in [0.05, 0.1) is 9.68 Å². The van der Waals surface area contributed by atoms with Crippen LogP contribution in [0.4, 0.5) is 18.9 Å². The minimum Gasteiger partial charge on any atom is -0.399 e. The normalized spacial score (nSPS) is 15.2. The van der Waals surface area contributed by atoms with Gasteiger partial charge in [-0.15, -0.1) is 0 Å². The van der Waals surface area contributed by atoms with Crippen LogP contribution >= 0.6 is 0 Å². The molecule has 0 fully saturated rings. The molecule has 0 atom stereocenters. The minimum absolute atomic E-state index is 0.171. The van der Waals surface area contributed by atoms with Gasteiger partial charge in [0.15, 0.2) is 0 Å². The smallest absolute Gasteiger partial charge is 0.399 e. The first-order valence-electron chi connectivity index (χ1n) is 4.61. The Kier molecular flexibility index (Phi) is 1.22. The third-order valence-corrected chi connectivity index (χ3v) is 1.18. The summed E-state index contributed by atoms with van der Waals surface area (Å²) in [5, 5.41) is 0. The summed E-state index contributed by atoms with van der Waals surface area (Å²) < 4.78 is 59.0. The number of halogens is 3. The van der Waals surface area contributed by atoms with Gasteiger partial charge >= 0.3 is 6.18 Å². The lowest BCUT2D eigenvalue weighted by atomic mass is 10.1. The van der Waals surface area contributed by atoms with E-state index in [9.17, 15) is 13.2 Å². The Morgan fingerprint density at radius 1 is 1.33 bits per heavy atom. The number of nitrogens with two attached hydrogens (primary N) is 1. The number of hydrogen-bond acceptors (Lipinski definition) is 1. The van der Waals surface area contributed by atoms with Gasteiger partial charge in [-0.3, -0.25) is 0 Å². The van der Waals surface area contributed by atoms with Crippen molar-refractivity contribution in [3.05, 3.63) is 29.3 Å². The van der Waals surface area contributed by atoms with Crippen LogP contribution in [-0.4, -0.2) is 0 Å². The van der Waals surface area contributed by atoms with Gasteiger partial charge in [0.25, 0.3) is 0 Å². The summed E-state index contributed by atoms with van der Waals surface area (Å²) >= 11 is 0. The van der Waals surface area contributed by atoms with Crippen molar-refractivity contribution in [2.24, 2.45) is 0 Å². The fourth-order valence-electron chi connectivity index (χ4n) is 0.760. The van der Waals surface area contributed by atoms with Crippen LogP contribution in [0.1, 0.15) is 15.2 Å². The van der Waals surface area contributed by atoms with Crippen LogP contribution in [0.5, 0.6) is 0 Å². The Balaban J connectivity index is 3.68. The first-order chi connectivity index (χ1) is 6.68. The molecule has 2 N–H and O–H groups in total. The standard InChI is InChI=1S/C8H8F3N/c1-5-2-6(8(9,10)11)4-7(12)3-5/h2-4H,12H2,1H3/i2D,3D,4D. The number of hydrogen-bond donors (Lipinski definition) is 1. The molecule has 12 heavy (non-hydrogen) atoms. The molecule has 1 aromatic carbocycles. The monoisotopic (exact) mass is 178 g/mol. The summed E-state index contributed by atoms with van der Waals surface area (Å²) in [6.07, 6.45) is -4.79. The predicted octanol–water partition coefficient (Wildman–Crippen LogP) is 2.60. The van der Waals surface area contributed by atoms with Gasteiger partial charge in [0, 0.05) is 5.69 Å². The Labute approximate surface area is 72.2 Å². The van der Waals surface area contributed by atoms with Crippen LogP contribution in [0, 0.1) is 6.92 Å². The highest BCUT2D eigenvalue weighted by molar-refractivity contribution is 5.45. The number of benzene rings is 1. The van der Waals surface area contributed by atoms with Crippen LogP contribution in [-0.2, 0) is 6.18 Å². The number of rotatable bonds is 0. The second-order valence-corrected chi connectivity index (χ2v) is 2.29. The summed E-state index contributed by atoms with van der Waals surface area (Å²) in [5.74, 6) is 0. The van der Waals surface area contributed by atoms with E-state index in [4.69, 9.17) is 9.85 Å². The summed E-state index contributed by atoms with van der Waals surface area (Å²) in [4.78, 5) is 0. The van der Waals surface area contributed by atoms with E-state index in [1.807, 2.05) is 0 Å². The molecule has 0 bridgehead atoms. The predicted molar refractivity (Wildman–Crippen MR) is 40.6 cm³/mol. The van der Waals surface area contributed by atoms with Crippen molar-refractivity contribution in [1.82, 2.24) is 0 Å². The molecule has 0 heterocycles. The van der Waals surface area contributed by atoms with E-state index in [1.54, 1.807) is 0 Å². The molecule has 0 spiro atoms. The summed E-state index contributed by atoms with van der Waals surface area (Å²) in [6, 6.07) is -2.24. The molecule has 1 nitrogen and oxygen atoms in total. The van der Waals surface area contributed by atoms with E-state index in [2.05, 4.69) is 0 Å². The molecule has 4 heteroatoms. The SMILES string of the molecule is [2H]c1c(C)c([2H])c(C(F)(F)F)c([2H])c1N. The van der Waals surface area contributed by atoms with Crippen molar-refractivity contribution in [3.63, 3.8) is 0 Å². The van der Waals surface area contributed by atoms with E-state index in [-0.39, 0.29) is 5.56 Å². The second kappa shape index (κ2) is 2.69. The van der Waals surface area contributed by atoms with Gasteiger partial charge < -0.3 is 5.73 Å². The minimum atomic E-state index is -4.79. The summed E-state index contributed by atoms with van der Waals surface area (Å²) in [7, 11) is 0. The van der Waals surface area contributed by atoms with Gasteiger partial charge in [0.2, 0.25) is 0 Å². The maximum Gasteiger partial charge on any atom is 0.416 e. The average Bonchev–Trinajstić information content (AvgIpc) is 2.09. The highest BCUT2D eigenvalue weighted by Gasteiger charge is 2.30. The zero-order valence-corrected chi connectivity index (χ0v) is 6.21. The molecular formula is C8H8F3N. The average molecular weight is 178 g/mol. The van der Waals surface area contributed by atoms with Gasteiger partial charge in [-0.05, 0) is 30.6 Å². The van der Waals surface area contributed by atoms with E-state index < -0.39 is 35.6 Å². The van der Waals surface area contributed by atoms with Crippen molar-refractivity contribution < 1.29 is 17.3 Å². The van der Waals surface area contributed by atoms with Crippen molar-refractivity contribution in [1.29, 1.82) is 0 Å². The van der Waals surface area contributed by atoms with Crippen LogP contribution < -0.4 is 5.73 Å². The zero-order chi connectivity index (χ0) is 12.0. The van der Waals surface area contributed by atoms with E-state index in [0.29, 0.717) is 0 Å². The molecule has 1 rings (SSSR count). The van der Waals surface area contributed by atoms with Gasteiger partial charge in [-0.25, -0.2) is 0 Å². The molecule has 0 unspecified atom stereocenters. The molecular weight excluding hydrogens is 167 g/mol. The van der Waals surface area contributed by atoms with E-state index in [1.165, 1.54) is 6.92 Å². The van der Waals surface area contributed by atoms with Crippen LogP contribution in [0.2, 0.25) is 0 Å². The van der Waals surface area contributed by atoms with Crippen LogP contribution in [0.3, 0.4) is 0 Å². The van der Waals surface area contributed by atoms with Gasteiger partial charge in [-0.1, -0.05) is 0 Å². The van der Waals surface area contributed by atoms with Crippen molar-refractivity contribution in [2.75, 3.05) is 5.73 Å². The van der Waals surface area contributed by atoms with E-state index in [0.717, 1.165) is 0 Å². The number of alkyl halides is 3. The zero-order valence-electron chi connectivity index (χ0n) is 9.21. The largest absolute Gasteiger partial charge is 0.416 e. The first kappa shape index (κ1) is 5.45. The molecule has 1 aromatic rings. The molecule has 0 saturated heterocycles. The first-order valence-corrected chi connectivity index (χ1v) is 3.11. The van der Waals surface area contributed by atoms with Gasteiger partial charge in [0.1, 0.15) is 0 Å². The van der Waals surface area contributed by atoms with Crippen LogP contribution in [0.25, 0.3) is 0 Å². The van der Waals surface area contributed by atoms with Gasteiger partial charge in [-0.2, -0.15) is 13.2 Å². The second-order valence-electron chi connectivity index (χ2n) is 2.29. The third kappa shape index (κ3) is 1.90. The lowest BCUT2D eigenvalue weighted by Gasteiger charge is -2.07. The fraction of sp³-hybridized carbons (Fsp3) is 0.250. The van der Waals surface area contributed by atoms with Crippen molar-refractivity contribution in [3.8, 4) is 0 Å². The maximum absolute atomic E-state index is 12.4. The third-order valence-electron chi connectivity index (χ3n) is 1.18. The summed E-state index contributed by atoms with van der Waals surface area (Å²) in [5.41, 5.74) is 3.09. The number of anilines is 1. The lowest BCUT2D eigenvalue weighted by Crippen LogP contribution is -2.05. The van der Waals surface area contributed by atoms with Crippen molar-refractivity contribution in [2.45, 2.75) is 13.1 Å². The number of nitrogen functional groups attached to an aromatic ring is 1. The van der Waals surface area contributed by atoms with Crippen LogP contribution in [0.15, 0.2) is 18.1 Å². The Morgan fingerprint density at radius 2 is 1.92 bits per heavy atom. The fourth-order valence-corrected chi connectivity index (χ4v) is 0.760. The lowest BCUT2D eigenvalue weighted by molar-refractivity contribution is -0.137. The highest BCUT2D eigenvalue weighted by atomic mass is 19.4. The Morgan fingerprint density at radius 3 is 2.42 bits per heavy atom. The van der Waals surface area contributed by atoms with E-state index >= 15 is 0 Å². The Bertz CT molecular complexity index is 386. The maximum atomic E-state index is 12.4. The molecule has 0 aliphatic carbocycles. The molecule has 0 saturated carbocycles. The van der Waals surface area contributed by atoms with Crippen molar-refractivity contribution >= 4 is 5.69 Å². The molecule has 0 aliphatic rings. The highest BCUT2D eigenvalue weighted by Crippen LogP contribution is 2.30. The molecule has 0 amide bonds. The quantitative estimate of drug-likeness (QED) is 0.607. The molecule has 0 aromatic heterocycles. The Hall–Kier alpha value is -1.19. The molecule has 0 aliphatic heterocycles. The molecule has 0 radical (unpaired) electrons. The summed E-state index contributed by atoms with van der Waals surface area (Å²) in [6.45, 7) is 1.20. The molecule has 66 valence electrons.